The van der Waals surface area contributed by atoms with Gasteiger partial charge < -0.3 is 9.73 Å². The van der Waals surface area contributed by atoms with Crippen molar-refractivity contribution in [2.45, 2.75) is 24.3 Å². The van der Waals surface area contributed by atoms with Gasteiger partial charge in [-0.1, -0.05) is 41.6 Å². The highest BCUT2D eigenvalue weighted by molar-refractivity contribution is 8.00. The fraction of sp³-hybridized carbons (Fsp3) is 0.167. The second-order valence-electron chi connectivity index (χ2n) is 5.57. The van der Waals surface area contributed by atoms with Crippen molar-refractivity contribution in [3.63, 3.8) is 0 Å². The lowest BCUT2D eigenvalue weighted by Crippen LogP contribution is -2.22. The Morgan fingerprint density at radius 1 is 1.27 bits per heavy atom. The second kappa shape index (κ2) is 7.88. The predicted molar refractivity (Wildman–Crippen MR) is 99.8 cm³/mol. The number of nitrogens with zero attached hydrogens (tertiary/aromatic N) is 2. The van der Waals surface area contributed by atoms with Gasteiger partial charge in [-0.2, -0.15) is 0 Å². The fourth-order valence-corrected chi connectivity index (χ4v) is 3.07. The van der Waals surface area contributed by atoms with E-state index in [4.69, 9.17) is 16.0 Å². The third kappa shape index (κ3) is 4.23. The maximum atomic E-state index is 13.2. The summed E-state index contributed by atoms with van der Waals surface area (Å²) in [7, 11) is 0. The normalized spacial score (nSPS) is 12.0. The van der Waals surface area contributed by atoms with Crippen molar-refractivity contribution in [2.75, 3.05) is 5.32 Å². The van der Waals surface area contributed by atoms with Gasteiger partial charge in [-0.15, -0.1) is 10.2 Å². The Kier molecular flexibility index (Phi) is 5.58. The number of carbonyl (C=O) groups excluding carboxylic acids is 1. The van der Waals surface area contributed by atoms with Gasteiger partial charge in [0.2, 0.25) is 11.8 Å². The summed E-state index contributed by atoms with van der Waals surface area (Å²) in [5.41, 5.74) is 2.29. The molecule has 1 unspecified atom stereocenters. The third-order valence-electron chi connectivity index (χ3n) is 3.62. The van der Waals surface area contributed by atoms with Crippen LogP contribution >= 0.6 is 23.4 Å². The number of aryl methyl sites for hydroxylation is 1. The monoisotopic (exact) mass is 391 g/mol. The van der Waals surface area contributed by atoms with E-state index in [2.05, 4.69) is 15.5 Å². The Balaban J connectivity index is 1.66. The van der Waals surface area contributed by atoms with E-state index in [-0.39, 0.29) is 10.9 Å². The van der Waals surface area contributed by atoms with Gasteiger partial charge in [-0.05, 0) is 43.7 Å². The molecular weight excluding hydrogens is 377 g/mol. The molecule has 26 heavy (non-hydrogen) atoms. The third-order valence-corrected chi connectivity index (χ3v) is 4.84. The number of aromatic nitrogens is 2. The minimum atomic E-state index is -0.540. The van der Waals surface area contributed by atoms with Gasteiger partial charge in [0, 0.05) is 11.3 Å². The molecule has 2 aromatic carbocycles. The molecular formula is C18H15ClFN3O2S. The van der Waals surface area contributed by atoms with Crippen molar-refractivity contribution in [3.8, 4) is 11.5 Å². The smallest absolute Gasteiger partial charge is 0.277 e. The molecule has 1 amide bonds. The quantitative estimate of drug-likeness (QED) is 0.623. The van der Waals surface area contributed by atoms with Crippen molar-refractivity contribution >= 4 is 35.0 Å². The molecule has 3 aromatic rings. The number of hydrogen-bond donors (Lipinski definition) is 1. The van der Waals surface area contributed by atoms with Crippen LogP contribution in [-0.2, 0) is 4.79 Å². The first-order valence-electron chi connectivity index (χ1n) is 7.76. The number of nitrogens with one attached hydrogen (secondary N) is 1. The van der Waals surface area contributed by atoms with E-state index in [1.54, 1.807) is 6.92 Å². The lowest BCUT2D eigenvalue weighted by Gasteiger charge is -2.10. The topological polar surface area (TPSA) is 68.0 Å². The van der Waals surface area contributed by atoms with Gasteiger partial charge in [0.15, 0.2) is 0 Å². The maximum absolute atomic E-state index is 13.2. The van der Waals surface area contributed by atoms with Gasteiger partial charge >= 0.3 is 0 Å². The number of halogens is 2. The Morgan fingerprint density at radius 2 is 2.04 bits per heavy atom. The van der Waals surface area contributed by atoms with E-state index in [9.17, 15) is 9.18 Å². The molecule has 8 heteroatoms. The standard InChI is InChI=1S/C18H15ClFN3O2S/c1-10-5-3-4-6-13(10)17-22-23-18(25-17)26-11(2)16(24)21-12-7-8-15(20)14(19)9-12/h3-9,11H,1-2H3,(H,21,24). The molecule has 0 radical (unpaired) electrons. The summed E-state index contributed by atoms with van der Waals surface area (Å²) < 4.78 is 18.8. The van der Waals surface area contributed by atoms with Crippen molar-refractivity contribution in [3.05, 3.63) is 58.9 Å². The van der Waals surface area contributed by atoms with Crippen LogP contribution < -0.4 is 5.32 Å². The van der Waals surface area contributed by atoms with Crippen LogP contribution in [0.1, 0.15) is 12.5 Å². The van der Waals surface area contributed by atoms with Gasteiger partial charge in [-0.25, -0.2) is 4.39 Å². The second-order valence-corrected chi connectivity index (χ2v) is 7.27. The zero-order valence-electron chi connectivity index (χ0n) is 14.0. The molecule has 0 fully saturated rings. The molecule has 1 aromatic heterocycles. The molecule has 134 valence electrons. The zero-order chi connectivity index (χ0) is 18.7. The van der Waals surface area contributed by atoms with E-state index in [0.717, 1.165) is 22.9 Å². The van der Waals surface area contributed by atoms with E-state index in [1.165, 1.54) is 18.2 Å². The Hall–Kier alpha value is -2.38. The lowest BCUT2D eigenvalue weighted by atomic mass is 10.1. The lowest BCUT2D eigenvalue weighted by molar-refractivity contribution is -0.115. The molecule has 1 N–H and O–H groups in total. The van der Waals surface area contributed by atoms with E-state index in [0.29, 0.717) is 16.8 Å². The van der Waals surface area contributed by atoms with Crippen molar-refractivity contribution < 1.29 is 13.6 Å². The van der Waals surface area contributed by atoms with Crippen molar-refractivity contribution in [2.24, 2.45) is 0 Å². The van der Waals surface area contributed by atoms with Crippen LogP contribution in [0.15, 0.2) is 52.1 Å². The van der Waals surface area contributed by atoms with Crippen LogP contribution in [0.4, 0.5) is 10.1 Å². The SMILES string of the molecule is Cc1ccccc1-c1nnc(SC(C)C(=O)Nc2ccc(F)c(Cl)c2)o1. The maximum Gasteiger partial charge on any atom is 0.277 e. The summed E-state index contributed by atoms with van der Waals surface area (Å²) in [6.45, 7) is 3.67. The first-order valence-corrected chi connectivity index (χ1v) is 9.02. The molecule has 0 saturated carbocycles. The average molecular weight is 392 g/mol. The molecule has 0 aliphatic rings. The van der Waals surface area contributed by atoms with Gasteiger partial charge in [0.1, 0.15) is 5.82 Å². The van der Waals surface area contributed by atoms with Crippen LogP contribution in [0, 0.1) is 12.7 Å². The number of thioether (sulfide) groups is 1. The number of anilines is 1. The molecule has 3 rings (SSSR count). The summed E-state index contributed by atoms with van der Waals surface area (Å²) >= 11 is 6.86. The number of amides is 1. The molecule has 0 aliphatic heterocycles. The minimum absolute atomic E-state index is 0.0529. The number of carbonyl (C=O) groups is 1. The van der Waals surface area contributed by atoms with Gasteiger partial charge in [-0.3, -0.25) is 4.79 Å². The number of rotatable bonds is 5. The molecule has 5 nitrogen and oxygen atoms in total. The predicted octanol–water partition coefficient (Wildman–Crippen LogP) is 4.96. The summed E-state index contributed by atoms with van der Waals surface area (Å²) in [5, 5.41) is 10.4. The van der Waals surface area contributed by atoms with Gasteiger partial charge in [0.25, 0.3) is 5.22 Å². The summed E-state index contributed by atoms with van der Waals surface area (Å²) in [4.78, 5) is 12.3. The highest BCUT2D eigenvalue weighted by atomic mass is 35.5. The average Bonchev–Trinajstić information content (AvgIpc) is 3.06. The van der Waals surface area contributed by atoms with E-state index < -0.39 is 11.1 Å². The first-order chi connectivity index (χ1) is 12.4. The van der Waals surface area contributed by atoms with Gasteiger partial charge in [0.05, 0.1) is 10.3 Å². The van der Waals surface area contributed by atoms with Crippen LogP contribution in [0.3, 0.4) is 0 Å². The Labute approximate surface area is 159 Å². The Bertz CT molecular complexity index is 948. The first kappa shape index (κ1) is 18.4. The molecule has 0 saturated heterocycles. The van der Waals surface area contributed by atoms with Crippen LogP contribution in [-0.4, -0.2) is 21.4 Å². The highest BCUT2D eigenvalue weighted by Gasteiger charge is 2.19. The molecule has 1 atom stereocenters. The van der Waals surface area contributed by atoms with Crippen LogP contribution in [0.2, 0.25) is 5.02 Å². The minimum Gasteiger partial charge on any atom is -0.411 e. The molecule has 0 bridgehead atoms. The molecule has 0 spiro atoms. The van der Waals surface area contributed by atoms with E-state index in [1.807, 2.05) is 31.2 Å². The largest absolute Gasteiger partial charge is 0.411 e. The summed E-state index contributed by atoms with van der Waals surface area (Å²) in [5.74, 6) is -0.418. The van der Waals surface area contributed by atoms with Crippen LogP contribution in [0.5, 0.6) is 0 Å². The van der Waals surface area contributed by atoms with Crippen LogP contribution in [0.25, 0.3) is 11.5 Å². The van der Waals surface area contributed by atoms with Crippen molar-refractivity contribution in [1.29, 1.82) is 0 Å². The molecule has 0 aliphatic carbocycles. The summed E-state index contributed by atoms with van der Waals surface area (Å²) in [6.07, 6.45) is 0. The number of benzene rings is 2. The fourth-order valence-electron chi connectivity index (χ4n) is 2.20. The van der Waals surface area contributed by atoms with Crippen molar-refractivity contribution in [1.82, 2.24) is 10.2 Å². The number of hydrogen-bond acceptors (Lipinski definition) is 5. The molecule has 1 heterocycles. The zero-order valence-corrected chi connectivity index (χ0v) is 15.6. The highest BCUT2D eigenvalue weighted by Crippen LogP contribution is 2.28. The Morgan fingerprint density at radius 3 is 2.77 bits per heavy atom. The summed E-state index contributed by atoms with van der Waals surface area (Å²) in [6, 6.07) is 11.7. The van der Waals surface area contributed by atoms with E-state index >= 15 is 0 Å².